The second-order valence-corrected chi connectivity index (χ2v) is 16.3. The number of amides is 1. The van der Waals surface area contributed by atoms with Gasteiger partial charge in [0, 0.05) is 18.1 Å². The highest BCUT2D eigenvalue weighted by molar-refractivity contribution is 7.32. The first-order valence-electron chi connectivity index (χ1n) is 12.1. The maximum Gasteiger partial charge on any atom is 0.316 e. The van der Waals surface area contributed by atoms with Gasteiger partial charge in [-0.25, -0.2) is 15.0 Å². The normalized spacial score (nSPS) is 23.3. The Balaban J connectivity index is 1.72. The van der Waals surface area contributed by atoms with Gasteiger partial charge in [0.25, 0.3) is 5.91 Å². The molecule has 1 aliphatic carbocycles. The topological polar surface area (TPSA) is 149 Å². The molecule has 0 bridgehead atoms. The predicted octanol–water partition coefficient (Wildman–Crippen LogP) is 3.79. The van der Waals surface area contributed by atoms with Gasteiger partial charge in [0.1, 0.15) is 6.33 Å². The fraction of sp³-hybridized carbons (Fsp3) is 0.500. The van der Waals surface area contributed by atoms with Crippen LogP contribution in [0.4, 0.5) is 5.82 Å². The van der Waals surface area contributed by atoms with Crippen LogP contribution >= 0.6 is 8.25 Å². The van der Waals surface area contributed by atoms with Crippen LogP contribution in [-0.2, 0) is 13.5 Å². The van der Waals surface area contributed by atoms with E-state index in [1.807, 2.05) is 10.6 Å². The molecule has 0 spiro atoms. The molecule has 5 atom stereocenters. The summed E-state index contributed by atoms with van der Waals surface area (Å²) in [5.74, 6) is -0.473. The lowest BCUT2D eigenvalue weighted by Gasteiger charge is -2.41. The monoisotopic (exact) mass is 547 g/mol. The van der Waals surface area contributed by atoms with Gasteiger partial charge in [-0.3, -0.25) is 9.36 Å². The Morgan fingerprint density at radius 1 is 1.19 bits per heavy atom. The summed E-state index contributed by atoms with van der Waals surface area (Å²) >= 11 is 0. The van der Waals surface area contributed by atoms with Crippen molar-refractivity contribution in [1.29, 1.82) is 0 Å². The number of fused-ring (bicyclic) bond motifs is 1. The van der Waals surface area contributed by atoms with Crippen LogP contribution in [0.15, 0.2) is 43.0 Å². The number of aromatic nitrogens is 4. The zero-order chi connectivity index (χ0) is 27.0. The molecule has 1 aliphatic rings. The minimum atomic E-state index is -3.29. The van der Waals surface area contributed by atoms with Crippen LogP contribution in [0, 0.1) is 5.92 Å². The van der Waals surface area contributed by atoms with E-state index in [1.54, 1.807) is 30.6 Å². The molecule has 0 aliphatic heterocycles. The van der Waals surface area contributed by atoms with Crippen LogP contribution in [-0.4, -0.2) is 62.6 Å². The number of nitrogens with zero attached hydrogens (tertiary/aromatic N) is 4. The van der Waals surface area contributed by atoms with Crippen molar-refractivity contribution in [2.24, 2.45) is 5.92 Å². The highest BCUT2D eigenvalue weighted by Gasteiger charge is 2.51. The average molecular weight is 548 g/mol. The van der Waals surface area contributed by atoms with E-state index in [2.05, 4.69) is 54.1 Å². The van der Waals surface area contributed by atoms with Gasteiger partial charge in [0.05, 0.1) is 24.6 Å². The van der Waals surface area contributed by atoms with Crippen LogP contribution < -0.4 is 5.32 Å². The number of hydrogen-bond acceptors (Lipinski definition) is 8. The zero-order valence-corrected chi connectivity index (χ0v) is 23.6. The molecule has 11 nitrogen and oxygen atoms in total. The number of carbonyl (C=O) groups excluding carboxylic acids is 1. The van der Waals surface area contributed by atoms with Gasteiger partial charge in [0.15, 0.2) is 25.3 Å². The molecule has 1 unspecified atom stereocenters. The number of hydrogen-bond donors (Lipinski definition) is 3. The van der Waals surface area contributed by atoms with E-state index in [0.717, 1.165) is 0 Å². The van der Waals surface area contributed by atoms with Crippen molar-refractivity contribution in [3.63, 3.8) is 0 Å². The molecule has 2 aromatic heterocycles. The maximum absolute atomic E-state index is 12.7. The summed E-state index contributed by atoms with van der Waals surface area (Å²) in [5, 5.41) is 12.8. The second kappa shape index (κ2) is 10.7. The first-order valence-corrected chi connectivity index (χ1v) is 16.3. The molecule has 37 heavy (non-hydrogen) atoms. The van der Waals surface area contributed by atoms with E-state index < -0.39 is 34.7 Å². The Labute approximate surface area is 217 Å². The minimum Gasteiger partial charge on any atom is -0.409 e. The Bertz CT molecular complexity index is 1280. The standard InChI is InChI=1S/C24H34N5O6PSi/c1-24(2,3)37(4,5)35-20-17(11-16(12-30)19(20)34-36(32)33)29-14-27-18-21(25-13-26-22(18)29)28-23(31)15-9-7-6-8-10-15/h6-10,13-14,16-17,19-20,30,36H,11-12H2,1-5H3,(H,32,33)(H,25,26,28,31)/t16-,17-,19-,20+/m1/s1. The number of nitrogens with one attached hydrogen (secondary N) is 1. The molecule has 1 amide bonds. The molecule has 2 heterocycles. The van der Waals surface area contributed by atoms with Gasteiger partial charge >= 0.3 is 8.25 Å². The number of aliphatic hydroxyl groups is 1. The summed E-state index contributed by atoms with van der Waals surface area (Å²) in [6.07, 6.45) is 1.98. The first kappa shape index (κ1) is 27.6. The fourth-order valence-corrected chi connectivity index (χ4v) is 6.30. The number of imidazole rings is 1. The predicted molar refractivity (Wildman–Crippen MR) is 142 cm³/mol. The Morgan fingerprint density at radius 2 is 1.89 bits per heavy atom. The third-order valence-corrected chi connectivity index (χ3v) is 12.4. The number of carbonyl (C=O) groups is 1. The number of aliphatic hydroxyl groups excluding tert-OH is 1. The third-order valence-electron chi connectivity index (χ3n) is 7.40. The Hall–Kier alpha value is -2.47. The van der Waals surface area contributed by atoms with Crippen molar-refractivity contribution in [2.75, 3.05) is 11.9 Å². The van der Waals surface area contributed by atoms with E-state index in [1.165, 1.54) is 6.33 Å². The summed E-state index contributed by atoms with van der Waals surface area (Å²) < 4.78 is 25.8. The lowest BCUT2D eigenvalue weighted by atomic mass is 10.1. The minimum absolute atomic E-state index is 0.127. The van der Waals surface area contributed by atoms with Gasteiger partial charge in [-0.05, 0) is 36.7 Å². The quantitative estimate of drug-likeness (QED) is 0.283. The van der Waals surface area contributed by atoms with Crippen LogP contribution in [0.2, 0.25) is 18.1 Å². The zero-order valence-electron chi connectivity index (χ0n) is 21.6. The van der Waals surface area contributed by atoms with Crippen LogP contribution in [0.25, 0.3) is 11.2 Å². The molecule has 200 valence electrons. The van der Waals surface area contributed by atoms with Crippen molar-refractivity contribution < 1.29 is 28.3 Å². The number of benzene rings is 1. The molecule has 4 rings (SSSR count). The molecule has 1 saturated carbocycles. The summed E-state index contributed by atoms with van der Waals surface area (Å²) in [7, 11) is -5.64. The van der Waals surface area contributed by atoms with E-state index in [4.69, 9.17) is 8.95 Å². The number of rotatable bonds is 8. The average Bonchev–Trinajstić information content (AvgIpc) is 3.40. The molecule has 1 fully saturated rings. The van der Waals surface area contributed by atoms with Crippen molar-refractivity contribution in [3.8, 4) is 0 Å². The highest BCUT2D eigenvalue weighted by Crippen LogP contribution is 2.47. The molecular formula is C24H34N5O6PSi. The Morgan fingerprint density at radius 3 is 2.51 bits per heavy atom. The second-order valence-electron chi connectivity index (χ2n) is 10.8. The van der Waals surface area contributed by atoms with Gasteiger partial charge in [-0.2, -0.15) is 0 Å². The van der Waals surface area contributed by atoms with Gasteiger partial charge in [-0.1, -0.05) is 39.0 Å². The molecule has 0 saturated heterocycles. The van der Waals surface area contributed by atoms with Crippen molar-refractivity contribution in [2.45, 2.75) is 63.6 Å². The van der Waals surface area contributed by atoms with E-state index in [9.17, 15) is 19.4 Å². The van der Waals surface area contributed by atoms with E-state index in [-0.39, 0.29) is 29.4 Å². The van der Waals surface area contributed by atoms with Crippen LogP contribution in [0.5, 0.6) is 0 Å². The molecule has 1 aromatic carbocycles. The summed E-state index contributed by atoms with van der Waals surface area (Å²) in [6, 6.07) is 8.41. The van der Waals surface area contributed by atoms with Gasteiger partial charge in [0.2, 0.25) is 0 Å². The largest absolute Gasteiger partial charge is 0.409 e. The first-order chi connectivity index (χ1) is 17.4. The molecule has 3 N–H and O–H groups in total. The third kappa shape index (κ3) is 5.69. The van der Waals surface area contributed by atoms with E-state index >= 15 is 0 Å². The van der Waals surface area contributed by atoms with Gasteiger partial charge in [-0.15, -0.1) is 0 Å². The Kier molecular flexibility index (Phi) is 7.98. The number of anilines is 1. The van der Waals surface area contributed by atoms with Crippen LogP contribution in [0.3, 0.4) is 0 Å². The lowest BCUT2D eigenvalue weighted by molar-refractivity contribution is 0.0178. The molecule has 0 radical (unpaired) electrons. The van der Waals surface area contributed by atoms with Crippen molar-refractivity contribution >= 4 is 39.5 Å². The smallest absolute Gasteiger partial charge is 0.316 e. The summed E-state index contributed by atoms with van der Waals surface area (Å²) in [5.41, 5.74) is 1.36. The fourth-order valence-electron chi connectivity index (χ4n) is 4.41. The van der Waals surface area contributed by atoms with E-state index in [0.29, 0.717) is 23.1 Å². The SMILES string of the molecule is CC(C)(C)[Si](C)(C)O[C@@H]1[C@H](O[PH](=O)O)[C@@H](CO)C[C@H]1n1cnc2c(NC(=O)c3ccccc3)ncnc21. The van der Waals surface area contributed by atoms with Crippen molar-refractivity contribution in [3.05, 3.63) is 48.5 Å². The molecular weight excluding hydrogens is 513 g/mol. The summed E-state index contributed by atoms with van der Waals surface area (Å²) in [6.45, 7) is 10.3. The van der Waals surface area contributed by atoms with Gasteiger partial charge < -0.3 is 28.8 Å². The van der Waals surface area contributed by atoms with Crippen LogP contribution in [0.1, 0.15) is 43.6 Å². The summed E-state index contributed by atoms with van der Waals surface area (Å²) in [4.78, 5) is 35.5. The highest BCUT2D eigenvalue weighted by atomic mass is 31.1. The van der Waals surface area contributed by atoms with Crippen molar-refractivity contribution in [1.82, 2.24) is 19.5 Å². The lowest BCUT2D eigenvalue weighted by Crippen LogP contribution is -2.48. The maximum atomic E-state index is 12.7. The molecule has 13 heteroatoms. The molecule has 3 aromatic rings.